The molecule has 1 aliphatic rings. The Bertz CT molecular complexity index is 1400. The first kappa shape index (κ1) is 28.8. The summed E-state index contributed by atoms with van der Waals surface area (Å²) in [5.41, 5.74) is 4.29. The van der Waals surface area contributed by atoms with Crippen LogP contribution in [0.25, 0.3) is 11.1 Å². The van der Waals surface area contributed by atoms with Gasteiger partial charge in [0.1, 0.15) is 0 Å². The molecular formula is C28H31F3N6O3. The molecule has 212 valence electrons. The molecule has 0 radical (unpaired) electrons. The highest BCUT2D eigenvalue weighted by Gasteiger charge is 2.26. The SMILES string of the molecule is Cc1cc(-c2ccncc2N2CCN(C(=O)C=CC(F)(F)F)CC2)ccc1CNC(=O)c1noc(C(C)(C)C)n1. The summed E-state index contributed by atoms with van der Waals surface area (Å²) in [5.74, 6) is -0.710. The van der Waals surface area contributed by atoms with E-state index in [2.05, 4.69) is 25.3 Å². The van der Waals surface area contributed by atoms with Crippen molar-refractivity contribution in [1.82, 2.24) is 25.3 Å². The molecule has 9 nitrogen and oxygen atoms in total. The van der Waals surface area contributed by atoms with Crippen molar-refractivity contribution in [3.8, 4) is 11.1 Å². The number of hydrogen-bond donors (Lipinski definition) is 1. The number of nitrogens with one attached hydrogen (secondary N) is 1. The van der Waals surface area contributed by atoms with Gasteiger partial charge < -0.3 is 19.6 Å². The molecule has 0 spiro atoms. The van der Waals surface area contributed by atoms with Crippen molar-refractivity contribution in [3.63, 3.8) is 0 Å². The van der Waals surface area contributed by atoms with Crippen molar-refractivity contribution in [2.75, 3.05) is 31.1 Å². The molecule has 1 aromatic carbocycles. The highest BCUT2D eigenvalue weighted by Crippen LogP contribution is 2.32. The molecule has 2 amide bonds. The van der Waals surface area contributed by atoms with Gasteiger partial charge >= 0.3 is 6.18 Å². The number of nitrogens with zero attached hydrogens (tertiary/aromatic N) is 5. The lowest BCUT2D eigenvalue weighted by Crippen LogP contribution is -2.48. The lowest BCUT2D eigenvalue weighted by Gasteiger charge is -2.36. The van der Waals surface area contributed by atoms with Crippen LogP contribution < -0.4 is 10.2 Å². The molecule has 0 bridgehead atoms. The first-order valence-corrected chi connectivity index (χ1v) is 12.8. The van der Waals surface area contributed by atoms with Crippen molar-refractivity contribution < 1.29 is 27.3 Å². The van der Waals surface area contributed by atoms with Crippen LogP contribution in [0, 0.1) is 6.92 Å². The molecule has 2 aromatic heterocycles. The zero-order valence-electron chi connectivity index (χ0n) is 22.7. The van der Waals surface area contributed by atoms with E-state index in [0.717, 1.165) is 27.9 Å². The lowest BCUT2D eigenvalue weighted by molar-refractivity contribution is -0.127. The summed E-state index contributed by atoms with van der Waals surface area (Å²) < 4.78 is 42.4. The van der Waals surface area contributed by atoms with Gasteiger partial charge in [0.05, 0.1) is 11.9 Å². The van der Waals surface area contributed by atoms with E-state index in [1.165, 1.54) is 4.90 Å². The largest absolute Gasteiger partial charge is 0.409 e. The van der Waals surface area contributed by atoms with Crippen LogP contribution in [-0.2, 0) is 16.8 Å². The molecule has 12 heteroatoms. The van der Waals surface area contributed by atoms with Gasteiger partial charge in [0.15, 0.2) is 0 Å². The summed E-state index contributed by atoms with van der Waals surface area (Å²) in [4.78, 5) is 36.6. The van der Waals surface area contributed by atoms with Crippen molar-refractivity contribution in [2.24, 2.45) is 0 Å². The Hall–Kier alpha value is -4.22. The van der Waals surface area contributed by atoms with Crippen molar-refractivity contribution >= 4 is 17.5 Å². The number of benzene rings is 1. The standard InChI is InChI=1S/C28H31F3N6O3/c1-18-15-19(5-6-20(18)16-33-25(39)24-34-26(40-35-24)27(2,3)4)21-8-10-32-17-22(21)36-11-13-37(14-12-36)23(38)7-9-28(29,30)31/h5-10,15,17H,11-14,16H2,1-4H3,(H,33,39). The minimum Gasteiger partial charge on any atom is -0.366 e. The third kappa shape index (κ3) is 7.04. The molecule has 1 saturated heterocycles. The number of piperazine rings is 1. The highest BCUT2D eigenvalue weighted by atomic mass is 19.4. The third-order valence-corrected chi connectivity index (χ3v) is 6.51. The molecule has 0 saturated carbocycles. The summed E-state index contributed by atoms with van der Waals surface area (Å²) in [5, 5.41) is 6.61. The number of anilines is 1. The number of carbonyl (C=O) groups excluding carboxylic acids is 2. The van der Waals surface area contributed by atoms with Gasteiger partial charge in [-0.15, -0.1) is 0 Å². The number of halogens is 3. The molecule has 40 heavy (non-hydrogen) atoms. The first-order chi connectivity index (χ1) is 18.8. The zero-order chi connectivity index (χ0) is 29.1. The Morgan fingerprint density at radius 2 is 1.82 bits per heavy atom. The number of pyridine rings is 1. The van der Waals surface area contributed by atoms with Crippen molar-refractivity contribution in [2.45, 2.75) is 45.8 Å². The van der Waals surface area contributed by atoms with Crippen LogP contribution in [0.5, 0.6) is 0 Å². The smallest absolute Gasteiger partial charge is 0.366 e. The maximum absolute atomic E-state index is 12.5. The topological polar surface area (TPSA) is 104 Å². The van der Waals surface area contributed by atoms with E-state index in [9.17, 15) is 22.8 Å². The fourth-order valence-electron chi connectivity index (χ4n) is 4.26. The van der Waals surface area contributed by atoms with Gasteiger partial charge in [0.2, 0.25) is 11.8 Å². The Morgan fingerprint density at radius 1 is 1.10 bits per heavy atom. The van der Waals surface area contributed by atoms with E-state index in [1.807, 2.05) is 52.0 Å². The van der Waals surface area contributed by atoms with Crippen LogP contribution in [0.4, 0.5) is 18.9 Å². The maximum Gasteiger partial charge on any atom is 0.409 e. The average Bonchev–Trinajstić information content (AvgIpc) is 3.42. The van der Waals surface area contributed by atoms with Gasteiger partial charge in [-0.3, -0.25) is 14.6 Å². The fourth-order valence-corrected chi connectivity index (χ4v) is 4.26. The quantitative estimate of drug-likeness (QED) is 0.448. The van der Waals surface area contributed by atoms with E-state index in [4.69, 9.17) is 4.52 Å². The van der Waals surface area contributed by atoms with Crippen LogP contribution in [-0.4, -0.2) is 64.2 Å². The molecule has 1 N–H and O–H groups in total. The number of aryl methyl sites for hydroxylation is 1. The monoisotopic (exact) mass is 556 g/mol. The summed E-state index contributed by atoms with van der Waals surface area (Å²) in [6.07, 6.45) is -0.543. The first-order valence-electron chi connectivity index (χ1n) is 12.8. The number of aromatic nitrogens is 3. The molecule has 3 aromatic rings. The molecule has 3 heterocycles. The van der Waals surface area contributed by atoms with Gasteiger partial charge in [-0.2, -0.15) is 18.2 Å². The molecule has 1 fully saturated rings. The maximum atomic E-state index is 12.5. The fraction of sp³-hybridized carbons (Fsp3) is 0.393. The number of allylic oxidation sites excluding steroid dienone is 1. The molecule has 0 unspecified atom stereocenters. The molecule has 0 atom stereocenters. The van der Waals surface area contributed by atoms with Gasteiger partial charge in [0.25, 0.3) is 11.7 Å². The lowest BCUT2D eigenvalue weighted by atomic mass is 9.97. The second-order valence-corrected chi connectivity index (χ2v) is 10.6. The summed E-state index contributed by atoms with van der Waals surface area (Å²) in [7, 11) is 0. The summed E-state index contributed by atoms with van der Waals surface area (Å²) in [6, 6.07) is 7.82. The van der Waals surface area contributed by atoms with E-state index in [0.29, 0.717) is 38.1 Å². The summed E-state index contributed by atoms with van der Waals surface area (Å²) in [6.45, 7) is 9.51. The Kier molecular flexibility index (Phi) is 8.26. The minimum atomic E-state index is -4.52. The normalized spacial score (nSPS) is 14.6. The number of hydrogen-bond acceptors (Lipinski definition) is 7. The predicted molar refractivity (Wildman–Crippen MR) is 143 cm³/mol. The van der Waals surface area contributed by atoms with E-state index in [1.54, 1.807) is 12.4 Å². The molecule has 0 aliphatic carbocycles. The number of carbonyl (C=O) groups is 2. The van der Waals surface area contributed by atoms with Gasteiger partial charge in [-0.1, -0.05) is 44.1 Å². The minimum absolute atomic E-state index is 0.0150. The Balaban J connectivity index is 1.42. The second kappa shape index (κ2) is 11.5. The van der Waals surface area contributed by atoms with Crippen LogP contribution in [0.15, 0.2) is 53.3 Å². The van der Waals surface area contributed by atoms with Crippen molar-refractivity contribution in [1.29, 1.82) is 0 Å². The van der Waals surface area contributed by atoms with E-state index in [-0.39, 0.29) is 23.9 Å². The second-order valence-electron chi connectivity index (χ2n) is 10.6. The molecule has 4 rings (SSSR count). The Labute approximate surface area is 230 Å². The molecule has 1 aliphatic heterocycles. The van der Waals surface area contributed by atoms with Crippen LogP contribution in [0.3, 0.4) is 0 Å². The van der Waals surface area contributed by atoms with Crippen LogP contribution in [0.1, 0.15) is 48.4 Å². The Morgan fingerprint density at radius 3 is 2.45 bits per heavy atom. The zero-order valence-corrected chi connectivity index (χ0v) is 22.7. The number of rotatable bonds is 6. The van der Waals surface area contributed by atoms with Crippen LogP contribution in [0.2, 0.25) is 0 Å². The summed E-state index contributed by atoms with van der Waals surface area (Å²) >= 11 is 0. The van der Waals surface area contributed by atoms with Gasteiger partial charge in [-0.25, -0.2) is 0 Å². The van der Waals surface area contributed by atoms with Crippen molar-refractivity contribution in [3.05, 3.63) is 71.7 Å². The number of alkyl halides is 3. The molecular weight excluding hydrogens is 525 g/mol. The van der Waals surface area contributed by atoms with E-state index < -0.39 is 18.0 Å². The van der Waals surface area contributed by atoms with E-state index >= 15 is 0 Å². The van der Waals surface area contributed by atoms with Gasteiger partial charge in [-0.05, 0) is 29.7 Å². The predicted octanol–water partition coefficient (Wildman–Crippen LogP) is 4.43. The van der Waals surface area contributed by atoms with Gasteiger partial charge in [0, 0.05) is 62.1 Å². The number of amides is 2. The third-order valence-electron chi connectivity index (χ3n) is 6.51. The van der Waals surface area contributed by atoms with Crippen LogP contribution >= 0.6 is 0 Å². The average molecular weight is 557 g/mol. The highest BCUT2D eigenvalue weighted by molar-refractivity contribution is 5.90.